The fourth-order valence-corrected chi connectivity index (χ4v) is 0.936. The highest BCUT2D eigenvalue weighted by molar-refractivity contribution is 5.46. The molecule has 1 rings (SSSR count). The zero-order valence-corrected chi connectivity index (χ0v) is 6.91. The van der Waals surface area contributed by atoms with E-state index in [0.29, 0.717) is 11.4 Å². The van der Waals surface area contributed by atoms with Crippen LogP contribution < -0.4 is 11.5 Å². The Labute approximate surface area is 71.8 Å². The molecule has 0 aliphatic carbocycles. The van der Waals surface area contributed by atoms with Crippen molar-refractivity contribution in [3.05, 3.63) is 23.4 Å². The third-order valence-corrected chi connectivity index (χ3v) is 1.61. The molecular weight excluding hydrogens is 150 g/mol. The molecule has 1 heterocycles. The maximum absolute atomic E-state index is 5.65. The summed E-state index contributed by atoms with van der Waals surface area (Å²) in [6.45, 7) is 1.84. The second-order valence-corrected chi connectivity index (χ2v) is 2.63. The van der Waals surface area contributed by atoms with E-state index in [1.54, 1.807) is 12.3 Å². The van der Waals surface area contributed by atoms with Gasteiger partial charge >= 0.3 is 0 Å². The lowest BCUT2D eigenvalue weighted by Gasteiger charge is -2.07. The molecule has 62 valence electrons. The van der Waals surface area contributed by atoms with Crippen LogP contribution in [-0.4, -0.2) is 4.98 Å². The third kappa shape index (κ3) is 1.55. The van der Waals surface area contributed by atoms with Crippen LogP contribution >= 0.6 is 0 Å². The first kappa shape index (κ1) is 8.57. The largest absolute Gasteiger partial charge is 0.383 e. The topological polar surface area (TPSA) is 64.9 Å². The van der Waals surface area contributed by atoms with Gasteiger partial charge < -0.3 is 11.5 Å². The molecule has 0 aromatic carbocycles. The number of nitrogen functional groups attached to an aromatic ring is 1. The van der Waals surface area contributed by atoms with Gasteiger partial charge in [0.2, 0.25) is 0 Å². The van der Waals surface area contributed by atoms with E-state index in [9.17, 15) is 0 Å². The molecule has 0 fully saturated rings. The zero-order valence-electron chi connectivity index (χ0n) is 6.91. The molecule has 0 spiro atoms. The van der Waals surface area contributed by atoms with E-state index in [0.717, 1.165) is 5.56 Å². The number of terminal acetylenes is 1. The first-order valence-corrected chi connectivity index (χ1v) is 3.62. The van der Waals surface area contributed by atoms with Crippen molar-refractivity contribution in [3.63, 3.8) is 0 Å². The molecule has 1 aromatic heterocycles. The molecule has 0 aliphatic heterocycles. The number of rotatable bonds is 1. The van der Waals surface area contributed by atoms with E-state index >= 15 is 0 Å². The van der Waals surface area contributed by atoms with Gasteiger partial charge in [-0.3, -0.25) is 0 Å². The smallest absolute Gasteiger partial charge is 0.128 e. The van der Waals surface area contributed by atoms with Gasteiger partial charge in [0.05, 0.1) is 0 Å². The van der Waals surface area contributed by atoms with Gasteiger partial charge in [0.1, 0.15) is 5.82 Å². The van der Waals surface area contributed by atoms with Gasteiger partial charge in [-0.2, -0.15) is 0 Å². The summed E-state index contributed by atoms with van der Waals surface area (Å²) in [4.78, 5) is 3.93. The van der Waals surface area contributed by atoms with Crippen molar-refractivity contribution < 1.29 is 0 Å². The zero-order chi connectivity index (χ0) is 9.14. The lowest BCUT2D eigenvalue weighted by molar-refractivity contribution is 0.815. The van der Waals surface area contributed by atoms with Crippen molar-refractivity contribution >= 4 is 5.82 Å². The Hall–Kier alpha value is -1.53. The average Bonchev–Trinajstić information content (AvgIpc) is 2.05. The Morgan fingerprint density at radius 1 is 1.67 bits per heavy atom. The average molecular weight is 161 g/mol. The van der Waals surface area contributed by atoms with Crippen LogP contribution in [0.3, 0.4) is 0 Å². The molecule has 0 bridgehead atoms. The number of hydrogen-bond acceptors (Lipinski definition) is 3. The van der Waals surface area contributed by atoms with E-state index in [1.807, 2.05) is 6.92 Å². The second kappa shape index (κ2) is 3.24. The lowest BCUT2D eigenvalue weighted by atomic mass is 10.1. The highest BCUT2D eigenvalue weighted by atomic mass is 14.8. The summed E-state index contributed by atoms with van der Waals surface area (Å²) < 4.78 is 0. The van der Waals surface area contributed by atoms with Crippen LogP contribution in [0.25, 0.3) is 0 Å². The van der Waals surface area contributed by atoms with Crippen molar-refractivity contribution in [3.8, 4) is 12.3 Å². The normalized spacial score (nSPS) is 12.1. The molecule has 0 saturated carbocycles. The van der Waals surface area contributed by atoms with Crippen molar-refractivity contribution in [2.45, 2.75) is 13.0 Å². The molecule has 12 heavy (non-hydrogen) atoms. The van der Waals surface area contributed by atoms with Crippen molar-refractivity contribution in [2.24, 2.45) is 5.73 Å². The highest BCUT2D eigenvalue weighted by Crippen LogP contribution is 2.16. The van der Waals surface area contributed by atoms with Crippen LogP contribution in [0.15, 0.2) is 12.3 Å². The monoisotopic (exact) mass is 161 g/mol. The van der Waals surface area contributed by atoms with Crippen LogP contribution in [0.2, 0.25) is 0 Å². The van der Waals surface area contributed by atoms with Crippen LogP contribution in [0, 0.1) is 12.3 Å². The predicted molar refractivity (Wildman–Crippen MR) is 49.2 cm³/mol. The summed E-state index contributed by atoms with van der Waals surface area (Å²) in [5.74, 6) is 2.92. The standard InChI is InChI=1S/C9H11N3/c1-3-7-4-8(6(2)10)9(11)12-5-7/h1,4-6H,10H2,2H3,(H2,11,12)/t6-/m1/s1. The minimum Gasteiger partial charge on any atom is -0.383 e. The fraction of sp³-hybridized carbons (Fsp3) is 0.222. The molecule has 0 unspecified atom stereocenters. The van der Waals surface area contributed by atoms with Crippen molar-refractivity contribution in [1.29, 1.82) is 0 Å². The van der Waals surface area contributed by atoms with Crippen molar-refractivity contribution in [2.75, 3.05) is 5.73 Å². The lowest BCUT2D eigenvalue weighted by Crippen LogP contribution is -2.09. The maximum Gasteiger partial charge on any atom is 0.128 e. The van der Waals surface area contributed by atoms with E-state index in [-0.39, 0.29) is 6.04 Å². The summed E-state index contributed by atoms with van der Waals surface area (Å²) in [5, 5.41) is 0. The first-order chi connectivity index (χ1) is 5.65. The van der Waals surface area contributed by atoms with Gasteiger partial charge in [0.25, 0.3) is 0 Å². The summed E-state index contributed by atoms with van der Waals surface area (Å²) in [5.41, 5.74) is 12.7. The molecule has 3 heteroatoms. The minimum absolute atomic E-state index is 0.134. The molecular formula is C9H11N3. The molecule has 0 saturated heterocycles. The van der Waals surface area contributed by atoms with Crippen LogP contribution in [0.1, 0.15) is 24.1 Å². The Morgan fingerprint density at radius 3 is 2.83 bits per heavy atom. The number of aromatic nitrogens is 1. The molecule has 3 nitrogen and oxygen atoms in total. The number of nitrogens with two attached hydrogens (primary N) is 2. The molecule has 0 amide bonds. The van der Waals surface area contributed by atoms with Gasteiger partial charge in [0.15, 0.2) is 0 Å². The summed E-state index contributed by atoms with van der Waals surface area (Å²) in [6.07, 6.45) is 6.75. The van der Waals surface area contributed by atoms with E-state index in [2.05, 4.69) is 10.9 Å². The van der Waals surface area contributed by atoms with E-state index in [1.165, 1.54) is 0 Å². The van der Waals surface area contributed by atoms with Crippen LogP contribution in [0.4, 0.5) is 5.82 Å². The highest BCUT2D eigenvalue weighted by Gasteiger charge is 2.05. The molecule has 0 aliphatic rings. The van der Waals surface area contributed by atoms with Gasteiger partial charge in [0, 0.05) is 23.4 Å². The van der Waals surface area contributed by atoms with E-state index < -0.39 is 0 Å². The summed E-state index contributed by atoms with van der Waals surface area (Å²) in [6, 6.07) is 1.65. The quantitative estimate of drug-likeness (QED) is 0.595. The van der Waals surface area contributed by atoms with Crippen molar-refractivity contribution in [1.82, 2.24) is 4.98 Å². The fourth-order valence-electron chi connectivity index (χ4n) is 0.936. The first-order valence-electron chi connectivity index (χ1n) is 3.62. The molecule has 1 atom stereocenters. The van der Waals surface area contributed by atoms with Gasteiger partial charge in [-0.15, -0.1) is 6.42 Å². The third-order valence-electron chi connectivity index (χ3n) is 1.61. The Kier molecular flexibility index (Phi) is 2.32. The summed E-state index contributed by atoms with van der Waals surface area (Å²) >= 11 is 0. The van der Waals surface area contributed by atoms with Crippen LogP contribution in [-0.2, 0) is 0 Å². The Morgan fingerprint density at radius 2 is 2.33 bits per heavy atom. The minimum atomic E-state index is -0.134. The predicted octanol–water partition coefficient (Wildman–Crippen LogP) is 0.665. The summed E-state index contributed by atoms with van der Waals surface area (Å²) in [7, 11) is 0. The van der Waals surface area contributed by atoms with Gasteiger partial charge in [-0.1, -0.05) is 5.92 Å². The molecule has 0 radical (unpaired) electrons. The molecule has 4 N–H and O–H groups in total. The van der Waals surface area contributed by atoms with Gasteiger partial charge in [-0.05, 0) is 13.0 Å². The van der Waals surface area contributed by atoms with Crippen LogP contribution in [0.5, 0.6) is 0 Å². The Bertz CT molecular complexity index is 323. The number of pyridine rings is 1. The maximum atomic E-state index is 5.65. The number of hydrogen-bond donors (Lipinski definition) is 2. The van der Waals surface area contributed by atoms with Gasteiger partial charge in [-0.25, -0.2) is 4.98 Å². The SMILES string of the molecule is C#Cc1cnc(N)c([C@@H](C)N)c1. The number of nitrogens with zero attached hydrogens (tertiary/aromatic N) is 1. The molecule has 1 aromatic rings. The Balaban J connectivity index is 3.19. The van der Waals surface area contributed by atoms with E-state index in [4.69, 9.17) is 17.9 Å². The second-order valence-electron chi connectivity index (χ2n) is 2.63. The number of anilines is 1.